The number of rotatable bonds is 2. The molecule has 1 rings (SSSR count). The third-order valence-electron chi connectivity index (χ3n) is 2.44. The van der Waals surface area contributed by atoms with Gasteiger partial charge in [0.25, 0.3) is 0 Å². The Labute approximate surface area is 79.8 Å². The molecule has 1 atom stereocenters. The van der Waals surface area contributed by atoms with E-state index >= 15 is 0 Å². The molecule has 0 N–H and O–H groups in total. The van der Waals surface area contributed by atoms with Gasteiger partial charge in [0, 0.05) is 6.42 Å². The van der Waals surface area contributed by atoms with E-state index in [-0.39, 0.29) is 5.83 Å². The molecule has 0 aromatic carbocycles. The summed E-state index contributed by atoms with van der Waals surface area (Å²) in [6, 6.07) is 0. The minimum atomic E-state index is 0.000508. The minimum absolute atomic E-state index is 0.000508. The van der Waals surface area contributed by atoms with Crippen LogP contribution in [0.2, 0.25) is 0 Å². The molecule has 1 aliphatic carbocycles. The third-order valence-corrected chi connectivity index (χ3v) is 2.44. The molecule has 1 unspecified atom stereocenters. The fraction of sp³-hybridized carbons (Fsp3) is 0.500. The average molecular weight is 180 g/mol. The first kappa shape index (κ1) is 10.2. The van der Waals surface area contributed by atoms with Gasteiger partial charge < -0.3 is 0 Å². The summed E-state index contributed by atoms with van der Waals surface area (Å²) in [5.74, 6) is 0.327. The molecule has 0 fully saturated rings. The molecule has 0 amide bonds. The Morgan fingerprint density at radius 3 is 2.85 bits per heavy atom. The predicted molar refractivity (Wildman–Crippen MR) is 55.1 cm³/mol. The van der Waals surface area contributed by atoms with Gasteiger partial charge in [-0.2, -0.15) is 0 Å². The molecule has 13 heavy (non-hydrogen) atoms. The zero-order valence-corrected chi connectivity index (χ0v) is 8.60. The first-order chi connectivity index (χ1) is 6.15. The highest BCUT2D eigenvalue weighted by Crippen LogP contribution is 2.30. The van der Waals surface area contributed by atoms with Crippen LogP contribution in [0, 0.1) is 5.92 Å². The van der Waals surface area contributed by atoms with Gasteiger partial charge in [-0.15, -0.1) is 0 Å². The lowest BCUT2D eigenvalue weighted by atomic mass is 9.88. The Kier molecular flexibility index (Phi) is 3.47. The van der Waals surface area contributed by atoms with Crippen molar-refractivity contribution in [2.45, 2.75) is 33.6 Å². The van der Waals surface area contributed by atoms with E-state index < -0.39 is 0 Å². The average Bonchev–Trinajstić information content (AvgIpc) is 2.04. The van der Waals surface area contributed by atoms with E-state index in [1.54, 1.807) is 6.08 Å². The number of halogens is 1. The summed E-state index contributed by atoms with van der Waals surface area (Å²) >= 11 is 0. The molecule has 72 valence electrons. The van der Waals surface area contributed by atoms with E-state index in [0.29, 0.717) is 12.3 Å². The van der Waals surface area contributed by atoms with Crippen LogP contribution in [0.1, 0.15) is 33.6 Å². The van der Waals surface area contributed by atoms with Crippen molar-refractivity contribution in [2.75, 3.05) is 0 Å². The van der Waals surface area contributed by atoms with Crippen LogP contribution in [0.15, 0.2) is 35.2 Å². The van der Waals surface area contributed by atoms with Crippen molar-refractivity contribution in [1.29, 1.82) is 0 Å². The Morgan fingerprint density at radius 1 is 1.62 bits per heavy atom. The van der Waals surface area contributed by atoms with E-state index in [9.17, 15) is 4.39 Å². The maximum Gasteiger partial charge on any atom is 0.101 e. The zero-order valence-electron chi connectivity index (χ0n) is 8.60. The fourth-order valence-electron chi connectivity index (χ4n) is 1.76. The minimum Gasteiger partial charge on any atom is -0.212 e. The molecule has 0 aliphatic heterocycles. The molecular weight excluding hydrogens is 163 g/mol. The monoisotopic (exact) mass is 180 g/mol. The molecule has 0 saturated carbocycles. The smallest absolute Gasteiger partial charge is 0.101 e. The fourth-order valence-corrected chi connectivity index (χ4v) is 1.76. The van der Waals surface area contributed by atoms with Crippen molar-refractivity contribution in [3.63, 3.8) is 0 Å². The van der Waals surface area contributed by atoms with Crippen molar-refractivity contribution in [3.8, 4) is 0 Å². The Morgan fingerprint density at radius 2 is 2.31 bits per heavy atom. The van der Waals surface area contributed by atoms with Crippen LogP contribution >= 0.6 is 0 Å². The maximum absolute atomic E-state index is 12.9. The molecule has 0 nitrogen and oxygen atoms in total. The van der Waals surface area contributed by atoms with Gasteiger partial charge in [0.2, 0.25) is 0 Å². The lowest BCUT2D eigenvalue weighted by Crippen LogP contribution is -2.04. The molecule has 0 aromatic rings. The van der Waals surface area contributed by atoms with Gasteiger partial charge in [-0.05, 0) is 30.9 Å². The maximum atomic E-state index is 12.9. The van der Waals surface area contributed by atoms with Crippen LogP contribution in [0.3, 0.4) is 0 Å². The van der Waals surface area contributed by atoms with Crippen LogP contribution in [-0.4, -0.2) is 0 Å². The Bertz CT molecular complexity index is 269. The molecule has 1 aliphatic rings. The van der Waals surface area contributed by atoms with Crippen molar-refractivity contribution in [3.05, 3.63) is 35.2 Å². The molecule has 1 heteroatoms. The largest absolute Gasteiger partial charge is 0.212 e. The second-order valence-electron chi connectivity index (χ2n) is 3.64. The zero-order chi connectivity index (χ0) is 9.84. The standard InChI is InChI=1S/C12H17F/c1-4-5-9(2)12-7-6-11(13)8-10(12)3/h5-7,10H,4,8H2,1-3H3/b9-5+. The highest BCUT2D eigenvalue weighted by molar-refractivity contribution is 5.37. The van der Waals surface area contributed by atoms with Crippen LogP contribution in [0.25, 0.3) is 0 Å². The lowest BCUT2D eigenvalue weighted by Gasteiger charge is -2.19. The van der Waals surface area contributed by atoms with Gasteiger partial charge in [-0.1, -0.05) is 31.6 Å². The van der Waals surface area contributed by atoms with E-state index in [1.165, 1.54) is 11.1 Å². The highest BCUT2D eigenvalue weighted by Gasteiger charge is 2.15. The van der Waals surface area contributed by atoms with Gasteiger partial charge in [0.1, 0.15) is 5.83 Å². The van der Waals surface area contributed by atoms with Gasteiger partial charge in [0.15, 0.2) is 0 Å². The van der Waals surface area contributed by atoms with Gasteiger partial charge in [0.05, 0.1) is 0 Å². The molecular formula is C12H17F. The quantitative estimate of drug-likeness (QED) is 0.598. The van der Waals surface area contributed by atoms with Crippen LogP contribution in [0.4, 0.5) is 4.39 Å². The second kappa shape index (κ2) is 4.40. The van der Waals surface area contributed by atoms with E-state index in [0.717, 1.165) is 6.42 Å². The van der Waals surface area contributed by atoms with E-state index in [2.05, 4.69) is 26.8 Å². The number of hydrogen-bond acceptors (Lipinski definition) is 0. The van der Waals surface area contributed by atoms with Crippen LogP contribution in [-0.2, 0) is 0 Å². The number of hydrogen-bond donors (Lipinski definition) is 0. The van der Waals surface area contributed by atoms with E-state index in [1.807, 2.05) is 6.08 Å². The normalized spacial score (nSPS) is 24.0. The van der Waals surface area contributed by atoms with Crippen molar-refractivity contribution < 1.29 is 4.39 Å². The topological polar surface area (TPSA) is 0 Å². The summed E-state index contributed by atoms with van der Waals surface area (Å²) in [7, 11) is 0. The molecule has 0 bridgehead atoms. The molecule has 0 saturated heterocycles. The first-order valence-corrected chi connectivity index (χ1v) is 4.88. The van der Waals surface area contributed by atoms with Crippen LogP contribution in [0.5, 0.6) is 0 Å². The van der Waals surface area contributed by atoms with Gasteiger partial charge in [-0.3, -0.25) is 0 Å². The number of allylic oxidation sites excluding steroid dienone is 6. The van der Waals surface area contributed by atoms with Gasteiger partial charge in [-0.25, -0.2) is 4.39 Å². The molecule has 0 aromatic heterocycles. The summed E-state index contributed by atoms with van der Waals surface area (Å²) in [4.78, 5) is 0. The second-order valence-corrected chi connectivity index (χ2v) is 3.64. The summed E-state index contributed by atoms with van der Waals surface area (Å²) in [6.07, 6.45) is 7.29. The lowest BCUT2D eigenvalue weighted by molar-refractivity contribution is 0.523. The Hall–Kier alpha value is -0.850. The SMILES string of the molecule is CC/C=C(\C)C1=CC=C(F)CC1C. The summed E-state index contributed by atoms with van der Waals surface area (Å²) in [5, 5.41) is 0. The van der Waals surface area contributed by atoms with Crippen molar-refractivity contribution >= 4 is 0 Å². The van der Waals surface area contributed by atoms with Crippen molar-refractivity contribution in [1.82, 2.24) is 0 Å². The van der Waals surface area contributed by atoms with Gasteiger partial charge >= 0.3 is 0 Å². The summed E-state index contributed by atoms with van der Waals surface area (Å²) < 4.78 is 12.9. The first-order valence-electron chi connectivity index (χ1n) is 4.88. The Balaban J connectivity index is 2.85. The highest BCUT2D eigenvalue weighted by atomic mass is 19.1. The van der Waals surface area contributed by atoms with E-state index in [4.69, 9.17) is 0 Å². The molecule has 0 heterocycles. The third kappa shape index (κ3) is 2.55. The predicted octanol–water partition coefficient (Wildman–Crippen LogP) is 4.16. The summed E-state index contributed by atoms with van der Waals surface area (Å²) in [6.45, 7) is 6.29. The van der Waals surface area contributed by atoms with Crippen molar-refractivity contribution in [2.24, 2.45) is 5.92 Å². The van der Waals surface area contributed by atoms with Crippen LogP contribution < -0.4 is 0 Å². The molecule has 0 radical (unpaired) electrons. The summed E-state index contributed by atoms with van der Waals surface area (Å²) in [5.41, 5.74) is 2.57. The molecule has 0 spiro atoms.